The highest BCUT2D eigenvalue weighted by Gasteiger charge is 2.09. The van der Waals surface area contributed by atoms with Gasteiger partial charge in [0, 0.05) is 37.8 Å². The van der Waals surface area contributed by atoms with Crippen LogP contribution in [-0.2, 0) is 4.79 Å². The Morgan fingerprint density at radius 3 is 2.50 bits per heavy atom. The molecule has 7 heteroatoms. The average molecular weight is 460 g/mol. The molecule has 0 bridgehead atoms. The molecule has 3 rings (SSSR count). The van der Waals surface area contributed by atoms with E-state index in [9.17, 15) is 4.79 Å². The third kappa shape index (κ3) is 5.03. The van der Waals surface area contributed by atoms with Crippen molar-refractivity contribution < 1.29 is 4.79 Å². The predicted octanol–water partition coefficient (Wildman–Crippen LogP) is 5.07. The van der Waals surface area contributed by atoms with E-state index in [4.69, 9.17) is 11.6 Å². The second-order valence-corrected chi connectivity index (χ2v) is 7.64. The number of hydrogen-bond donors (Lipinski definition) is 2. The van der Waals surface area contributed by atoms with E-state index in [1.54, 1.807) is 18.3 Å². The van der Waals surface area contributed by atoms with Crippen molar-refractivity contribution in [2.75, 3.05) is 11.9 Å². The van der Waals surface area contributed by atoms with Crippen LogP contribution in [0.3, 0.4) is 0 Å². The van der Waals surface area contributed by atoms with E-state index in [1.165, 1.54) is 0 Å². The van der Waals surface area contributed by atoms with E-state index >= 15 is 0 Å². The van der Waals surface area contributed by atoms with Crippen molar-refractivity contribution >= 4 is 45.3 Å². The molecule has 5 nitrogen and oxygen atoms in total. The second kappa shape index (κ2) is 9.08. The molecule has 0 spiro atoms. The molecule has 0 saturated heterocycles. The zero-order valence-electron chi connectivity index (χ0n) is 15.5. The van der Waals surface area contributed by atoms with Crippen molar-refractivity contribution in [3.05, 3.63) is 81.0 Å². The molecule has 144 valence electrons. The molecule has 1 aromatic heterocycles. The Morgan fingerprint density at radius 2 is 1.82 bits per heavy atom. The average Bonchev–Trinajstić information content (AvgIpc) is 2.96. The Hall–Kier alpha value is -2.57. The van der Waals surface area contributed by atoms with Gasteiger partial charge in [-0.2, -0.15) is 5.10 Å². The highest BCUT2D eigenvalue weighted by molar-refractivity contribution is 9.10. The number of hydrazone groups is 1. The molecule has 0 unspecified atom stereocenters. The fraction of sp³-hybridized carbons (Fsp3) is 0.143. The molecule has 0 fully saturated rings. The number of benzene rings is 2. The first kappa shape index (κ1) is 20.2. The Morgan fingerprint density at radius 1 is 1.14 bits per heavy atom. The van der Waals surface area contributed by atoms with Crippen molar-refractivity contribution in [2.24, 2.45) is 5.10 Å². The van der Waals surface area contributed by atoms with Gasteiger partial charge in [0.2, 0.25) is 0 Å². The third-order valence-corrected chi connectivity index (χ3v) is 5.03. The number of aryl methyl sites for hydroxylation is 1. The summed E-state index contributed by atoms with van der Waals surface area (Å²) in [5, 5.41) is 7.76. The number of nitrogens with zero attached hydrogens (tertiary/aromatic N) is 2. The predicted molar refractivity (Wildman–Crippen MR) is 119 cm³/mol. The molecule has 1 heterocycles. The lowest BCUT2D eigenvalue weighted by Crippen LogP contribution is -2.25. The number of carbonyl (C=O) groups excluding carboxylic acids is 1. The van der Waals surface area contributed by atoms with Gasteiger partial charge in [-0.15, -0.1) is 0 Å². The van der Waals surface area contributed by atoms with Crippen LogP contribution in [0.5, 0.6) is 0 Å². The number of amides is 1. The Bertz CT molecular complexity index is 994. The maximum absolute atomic E-state index is 12.0. The van der Waals surface area contributed by atoms with Crippen LogP contribution < -0.4 is 10.7 Å². The molecule has 2 N–H and O–H groups in total. The largest absolute Gasteiger partial charge is 0.376 e. The first-order chi connectivity index (χ1) is 13.4. The van der Waals surface area contributed by atoms with Crippen molar-refractivity contribution in [3.63, 3.8) is 0 Å². The van der Waals surface area contributed by atoms with E-state index in [0.29, 0.717) is 5.02 Å². The Kier molecular flexibility index (Phi) is 6.54. The van der Waals surface area contributed by atoms with Gasteiger partial charge in [-0.05, 0) is 68.4 Å². The number of rotatable bonds is 6. The van der Waals surface area contributed by atoms with Crippen LogP contribution in [0, 0.1) is 13.8 Å². The van der Waals surface area contributed by atoms with Gasteiger partial charge in [0.25, 0.3) is 5.91 Å². The summed E-state index contributed by atoms with van der Waals surface area (Å²) in [7, 11) is 0. The lowest BCUT2D eigenvalue weighted by Gasteiger charge is -2.09. The molecule has 0 aliphatic rings. The first-order valence-electron chi connectivity index (χ1n) is 8.70. The van der Waals surface area contributed by atoms with Gasteiger partial charge in [0.05, 0.1) is 12.8 Å². The zero-order valence-corrected chi connectivity index (χ0v) is 17.9. The summed E-state index contributed by atoms with van der Waals surface area (Å²) < 4.78 is 3.19. The molecule has 0 radical (unpaired) electrons. The van der Waals surface area contributed by atoms with E-state index < -0.39 is 0 Å². The quantitative estimate of drug-likeness (QED) is 0.399. The molecule has 3 aromatic rings. The highest BCUT2D eigenvalue weighted by Crippen LogP contribution is 2.21. The minimum absolute atomic E-state index is 0.122. The van der Waals surface area contributed by atoms with Gasteiger partial charge in [0.15, 0.2) is 0 Å². The monoisotopic (exact) mass is 458 g/mol. The summed E-state index contributed by atoms with van der Waals surface area (Å²) in [6.07, 6.45) is 1.66. The molecule has 0 saturated carbocycles. The minimum atomic E-state index is -0.229. The standard InChI is InChI=1S/C21H20BrClN4O/c1-14-11-16(15(2)27(14)20-9-3-17(22)4-10-20)12-25-26-21(28)13-24-19-7-5-18(23)6-8-19/h3-12,24H,13H2,1-2H3,(H,26,28)/b25-12-. The Balaban J connectivity index is 1.61. The summed E-state index contributed by atoms with van der Waals surface area (Å²) in [5.74, 6) is -0.229. The van der Waals surface area contributed by atoms with Crippen molar-refractivity contribution in [2.45, 2.75) is 13.8 Å². The van der Waals surface area contributed by atoms with E-state index in [-0.39, 0.29) is 12.5 Å². The van der Waals surface area contributed by atoms with Crippen LogP contribution in [-0.4, -0.2) is 23.2 Å². The van der Waals surface area contributed by atoms with Crippen molar-refractivity contribution in [1.82, 2.24) is 9.99 Å². The van der Waals surface area contributed by atoms with E-state index in [2.05, 4.69) is 48.5 Å². The second-order valence-electron chi connectivity index (χ2n) is 6.29. The van der Waals surface area contributed by atoms with Crippen molar-refractivity contribution in [1.29, 1.82) is 0 Å². The number of anilines is 1. The lowest BCUT2D eigenvalue weighted by molar-refractivity contribution is -0.119. The molecule has 0 aliphatic carbocycles. The molecular formula is C21H20BrClN4O. The number of carbonyl (C=O) groups is 1. The molecule has 28 heavy (non-hydrogen) atoms. The molecule has 0 atom stereocenters. The normalized spacial score (nSPS) is 11.0. The van der Waals surface area contributed by atoms with Crippen molar-refractivity contribution in [3.8, 4) is 5.69 Å². The van der Waals surface area contributed by atoms with Crippen LogP contribution in [0.2, 0.25) is 5.02 Å². The highest BCUT2D eigenvalue weighted by atomic mass is 79.9. The SMILES string of the molecule is Cc1cc(/C=N\NC(=O)CNc2ccc(Cl)cc2)c(C)n1-c1ccc(Br)cc1. The topological polar surface area (TPSA) is 58.4 Å². The molecular weight excluding hydrogens is 440 g/mol. The molecule has 0 aliphatic heterocycles. The summed E-state index contributed by atoms with van der Waals surface area (Å²) in [6.45, 7) is 4.19. The zero-order chi connectivity index (χ0) is 20.1. The molecule has 2 aromatic carbocycles. The lowest BCUT2D eigenvalue weighted by atomic mass is 10.2. The minimum Gasteiger partial charge on any atom is -0.376 e. The van der Waals surface area contributed by atoms with Gasteiger partial charge >= 0.3 is 0 Å². The smallest absolute Gasteiger partial charge is 0.259 e. The van der Waals surface area contributed by atoms with E-state index in [1.807, 2.05) is 44.2 Å². The van der Waals surface area contributed by atoms with Crippen LogP contribution >= 0.6 is 27.5 Å². The van der Waals surface area contributed by atoms with Crippen LogP contribution in [0.4, 0.5) is 5.69 Å². The number of hydrogen-bond acceptors (Lipinski definition) is 3. The van der Waals surface area contributed by atoms with Gasteiger partial charge in [-0.25, -0.2) is 5.43 Å². The first-order valence-corrected chi connectivity index (χ1v) is 9.87. The van der Waals surface area contributed by atoms with Gasteiger partial charge in [0.1, 0.15) is 0 Å². The van der Waals surface area contributed by atoms with Gasteiger partial charge in [-0.1, -0.05) is 27.5 Å². The maximum Gasteiger partial charge on any atom is 0.259 e. The fourth-order valence-corrected chi connectivity index (χ4v) is 3.26. The summed E-state index contributed by atoms with van der Waals surface area (Å²) in [5.41, 5.74) is 7.54. The third-order valence-electron chi connectivity index (χ3n) is 4.25. The van der Waals surface area contributed by atoms with Gasteiger partial charge in [-0.3, -0.25) is 4.79 Å². The summed E-state index contributed by atoms with van der Waals surface area (Å²) in [6, 6.07) is 17.3. The number of halogens is 2. The van der Waals surface area contributed by atoms with Crippen LogP contribution in [0.25, 0.3) is 5.69 Å². The molecule has 1 amide bonds. The maximum atomic E-state index is 12.0. The van der Waals surface area contributed by atoms with Gasteiger partial charge < -0.3 is 9.88 Å². The number of nitrogens with one attached hydrogen (secondary N) is 2. The van der Waals surface area contributed by atoms with E-state index in [0.717, 1.165) is 32.8 Å². The van der Waals surface area contributed by atoms with Crippen LogP contribution in [0.15, 0.2) is 64.2 Å². The fourth-order valence-electron chi connectivity index (χ4n) is 2.87. The summed E-state index contributed by atoms with van der Waals surface area (Å²) >= 11 is 9.30. The van der Waals surface area contributed by atoms with Crippen LogP contribution in [0.1, 0.15) is 17.0 Å². The summed E-state index contributed by atoms with van der Waals surface area (Å²) in [4.78, 5) is 12.0. The number of aromatic nitrogens is 1. The Labute approximate surface area is 177 Å².